The molecule has 0 saturated carbocycles. The summed E-state index contributed by atoms with van der Waals surface area (Å²) in [5.41, 5.74) is 1.08. The highest BCUT2D eigenvalue weighted by atomic mass is 19.1. The average Bonchev–Trinajstić information content (AvgIpc) is 2.48. The summed E-state index contributed by atoms with van der Waals surface area (Å²) >= 11 is 0. The molecule has 0 aliphatic carbocycles. The highest BCUT2D eigenvalue weighted by Gasteiger charge is 2.10. The molecule has 0 atom stereocenters. The predicted molar refractivity (Wildman–Crippen MR) is 75.9 cm³/mol. The number of hydrogen-bond donors (Lipinski definition) is 2. The molecule has 4 nitrogen and oxygen atoms in total. The SMILES string of the molecule is CCNc1ccnc(C(=O)NCc2cc(F)ccc2F)c1. The minimum atomic E-state index is -0.564. The molecule has 2 N–H and O–H groups in total. The van der Waals surface area contributed by atoms with Crippen molar-refractivity contribution in [1.82, 2.24) is 10.3 Å². The second-order valence-corrected chi connectivity index (χ2v) is 4.38. The largest absolute Gasteiger partial charge is 0.385 e. The van der Waals surface area contributed by atoms with E-state index in [9.17, 15) is 13.6 Å². The van der Waals surface area contributed by atoms with Crippen molar-refractivity contribution in [2.24, 2.45) is 0 Å². The Balaban J connectivity index is 2.04. The van der Waals surface area contributed by atoms with Crippen molar-refractivity contribution in [1.29, 1.82) is 0 Å². The molecular formula is C15H15F2N3O. The van der Waals surface area contributed by atoms with Gasteiger partial charge in [0.05, 0.1) is 0 Å². The second kappa shape index (κ2) is 6.78. The third-order valence-corrected chi connectivity index (χ3v) is 2.82. The second-order valence-electron chi connectivity index (χ2n) is 4.38. The molecule has 1 aromatic carbocycles. The topological polar surface area (TPSA) is 54.0 Å². The van der Waals surface area contributed by atoms with Crippen LogP contribution in [-0.4, -0.2) is 17.4 Å². The number of carbonyl (C=O) groups excluding carboxylic acids is 1. The number of aromatic nitrogens is 1. The molecule has 1 heterocycles. The van der Waals surface area contributed by atoms with Gasteiger partial charge in [0.2, 0.25) is 0 Å². The summed E-state index contributed by atoms with van der Waals surface area (Å²) in [5.74, 6) is -1.56. The molecule has 0 unspecified atom stereocenters. The van der Waals surface area contributed by atoms with Crippen LogP contribution < -0.4 is 10.6 Å². The Labute approximate surface area is 121 Å². The highest BCUT2D eigenvalue weighted by Crippen LogP contribution is 2.10. The van der Waals surface area contributed by atoms with Crippen LogP contribution in [-0.2, 0) is 6.54 Å². The third-order valence-electron chi connectivity index (χ3n) is 2.82. The Morgan fingerprint density at radius 2 is 2.05 bits per heavy atom. The average molecular weight is 291 g/mol. The van der Waals surface area contributed by atoms with Crippen molar-refractivity contribution in [3.05, 3.63) is 59.4 Å². The van der Waals surface area contributed by atoms with Crippen LogP contribution in [0.3, 0.4) is 0 Å². The molecule has 1 aromatic heterocycles. The first-order valence-corrected chi connectivity index (χ1v) is 6.52. The molecular weight excluding hydrogens is 276 g/mol. The van der Waals surface area contributed by atoms with E-state index in [1.807, 2.05) is 6.92 Å². The molecule has 0 radical (unpaired) electrons. The lowest BCUT2D eigenvalue weighted by Gasteiger charge is -2.08. The van der Waals surface area contributed by atoms with Gasteiger partial charge in [0.25, 0.3) is 5.91 Å². The molecule has 1 amide bonds. The summed E-state index contributed by atoms with van der Waals surface area (Å²) in [4.78, 5) is 15.9. The van der Waals surface area contributed by atoms with Crippen LogP contribution in [0.2, 0.25) is 0 Å². The number of halogens is 2. The molecule has 0 spiro atoms. The van der Waals surface area contributed by atoms with Gasteiger partial charge in [-0.2, -0.15) is 0 Å². The lowest BCUT2D eigenvalue weighted by Crippen LogP contribution is -2.24. The summed E-state index contributed by atoms with van der Waals surface area (Å²) < 4.78 is 26.5. The van der Waals surface area contributed by atoms with Crippen LogP contribution in [0.15, 0.2) is 36.5 Å². The van der Waals surface area contributed by atoms with Gasteiger partial charge in [0, 0.05) is 30.5 Å². The molecule has 0 aliphatic heterocycles. The summed E-state index contributed by atoms with van der Waals surface area (Å²) in [6.45, 7) is 2.56. The van der Waals surface area contributed by atoms with Crippen molar-refractivity contribution in [3.63, 3.8) is 0 Å². The van der Waals surface area contributed by atoms with E-state index in [4.69, 9.17) is 0 Å². The highest BCUT2D eigenvalue weighted by molar-refractivity contribution is 5.93. The molecule has 0 fully saturated rings. The Morgan fingerprint density at radius 1 is 1.24 bits per heavy atom. The molecule has 21 heavy (non-hydrogen) atoms. The van der Waals surface area contributed by atoms with Crippen LogP contribution in [0.1, 0.15) is 23.0 Å². The maximum Gasteiger partial charge on any atom is 0.270 e. The van der Waals surface area contributed by atoms with Crippen LogP contribution >= 0.6 is 0 Å². The van der Waals surface area contributed by atoms with E-state index in [0.29, 0.717) is 0 Å². The Kier molecular flexibility index (Phi) is 4.81. The lowest BCUT2D eigenvalue weighted by atomic mass is 10.2. The van der Waals surface area contributed by atoms with Crippen LogP contribution in [0.25, 0.3) is 0 Å². The molecule has 2 rings (SSSR count). The first kappa shape index (κ1) is 14.9. The van der Waals surface area contributed by atoms with Gasteiger partial charge in [-0.3, -0.25) is 9.78 Å². The fraction of sp³-hybridized carbons (Fsp3) is 0.200. The quantitative estimate of drug-likeness (QED) is 0.890. The molecule has 0 bridgehead atoms. The first-order chi connectivity index (χ1) is 10.1. The summed E-state index contributed by atoms with van der Waals surface area (Å²) in [5, 5.41) is 5.58. The third kappa shape index (κ3) is 3.98. The van der Waals surface area contributed by atoms with E-state index in [-0.39, 0.29) is 17.8 Å². The van der Waals surface area contributed by atoms with E-state index in [0.717, 1.165) is 30.4 Å². The van der Waals surface area contributed by atoms with Gasteiger partial charge in [-0.05, 0) is 37.3 Å². The van der Waals surface area contributed by atoms with Gasteiger partial charge < -0.3 is 10.6 Å². The van der Waals surface area contributed by atoms with E-state index >= 15 is 0 Å². The van der Waals surface area contributed by atoms with Crippen molar-refractivity contribution in [2.45, 2.75) is 13.5 Å². The zero-order valence-electron chi connectivity index (χ0n) is 11.5. The number of nitrogens with one attached hydrogen (secondary N) is 2. The van der Waals surface area contributed by atoms with Crippen LogP contribution in [0.4, 0.5) is 14.5 Å². The number of hydrogen-bond acceptors (Lipinski definition) is 3. The van der Waals surface area contributed by atoms with Gasteiger partial charge in [0.15, 0.2) is 0 Å². The van der Waals surface area contributed by atoms with Gasteiger partial charge in [-0.15, -0.1) is 0 Å². The lowest BCUT2D eigenvalue weighted by molar-refractivity contribution is 0.0945. The van der Waals surface area contributed by atoms with Gasteiger partial charge in [-0.25, -0.2) is 8.78 Å². The molecule has 6 heteroatoms. The predicted octanol–water partition coefficient (Wildman–Crippen LogP) is 2.72. The summed E-state index contributed by atoms with van der Waals surface area (Å²) in [6, 6.07) is 6.45. The minimum absolute atomic E-state index is 0.0891. The van der Waals surface area contributed by atoms with Crippen molar-refractivity contribution < 1.29 is 13.6 Å². The number of anilines is 1. The molecule has 0 aliphatic rings. The number of carbonyl (C=O) groups is 1. The zero-order valence-corrected chi connectivity index (χ0v) is 11.5. The van der Waals surface area contributed by atoms with Gasteiger partial charge >= 0.3 is 0 Å². The minimum Gasteiger partial charge on any atom is -0.385 e. The van der Waals surface area contributed by atoms with Crippen molar-refractivity contribution in [2.75, 3.05) is 11.9 Å². The molecule has 0 saturated heterocycles. The number of nitrogens with zero attached hydrogens (tertiary/aromatic N) is 1. The maximum atomic E-state index is 13.4. The smallest absolute Gasteiger partial charge is 0.270 e. The van der Waals surface area contributed by atoms with E-state index in [1.165, 1.54) is 6.20 Å². The van der Waals surface area contributed by atoms with Gasteiger partial charge in [-0.1, -0.05) is 0 Å². The number of benzene rings is 1. The normalized spacial score (nSPS) is 10.2. The number of pyridine rings is 1. The summed E-state index contributed by atoms with van der Waals surface area (Å²) in [7, 11) is 0. The number of rotatable bonds is 5. The fourth-order valence-corrected chi connectivity index (χ4v) is 1.81. The van der Waals surface area contributed by atoms with E-state index in [2.05, 4.69) is 15.6 Å². The zero-order chi connectivity index (χ0) is 15.2. The number of amides is 1. The maximum absolute atomic E-state index is 13.4. The summed E-state index contributed by atoms with van der Waals surface area (Å²) in [6.07, 6.45) is 1.51. The Morgan fingerprint density at radius 3 is 2.81 bits per heavy atom. The van der Waals surface area contributed by atoms with Gasteiger partial charge in [0.1, 0.15) is 17.3 Å². The van der Waals surface area contributed by atoms with Crippen molar-refractivity contribution >= 4 is 11.6 Å². The Hall–Kier alpha value is -2.50. The van der Waals surface area contributed by atoms with Crippen LogP contribution in [0.5, 0.6) is 0 Å². The standard InChI is InChI=1S/C15H15F2N3O/c1-2-18-12-5-6-19-14(8-12)15(21)20-9-10-7-11(16)3-4-13(10)17/h3-8H,2,9H2,1H3,(H,18,19)(H,20,21). The monoisotopic (exact) mass is 291 g/mol. The van der Waals surface area contributed by atoms with Crippen LogP contribution in [0, 0.1) is 11.6 Å². The van der Waals surface area contributed by atoms with E-state index in [1.54, 1.807) is 12.1 Å². The van der Waals surface area contributed by atoms with E-state index < -0.39 is 17.5 Å². The molecule has 2 aromatic rings. The molecule has 110 valence electrons. The first-order valence-electron chi connectivity index (χ1n) is 6.52. The Bertz CT molecular complexity index is 647. The van der Waals surface area contributed by atoms with Crippen molar-refractivity contribution in [3.8, 4) is 0 Å². The fourth-order valence-electron chi connectivity index (χ4n) is 1.81.